The summed E-state index contributed by atoms with van der Waals surface area (Å²) in [6.07, 6.45) is 1.83. The minimum absolute atomic E-state index is 0.00876. The van der Waals surface area contributed by atoms with Gasteiger partial charge < -0.3 is 15.4 Å². The van der Waals surface area contributed by atoms with Crippen LogP contribution in [0.25, 0.3) is 0 Å². The van der Waals surface area contributed by atoms with Crippen molar-refractivity contribution in [3.05, 3.63) is 65.7 Å². The maximum absolute atomic E-state index is 12.7. The molecule has 0 atom stereocenters. The van der Waals surface area contributed by atoms with E-state index in [2.05, 4.69) is 38.3 Å². The van der Waals surface area contributed by atoms with Gasteiger partial charge in [-0.25, -0.2) is 0 Å². The molecule has 3 rings (SSSR count). The largest absolute Gasteiger partial charge is 0.489 e. The van der Waals surface area contributed by atoms with Crippen LogP contribution in [-0.2, 0) is 6.61 Å². The topological polar surface area (TPSA) is 50.4 Å². The first-order chi connectivity index (χ1) is 12.7. The highest BCUT2D eigenvalue weighted by molar-refractivity contribution is 5.94. The van der Waals surface area contributed by atoms with Gasteiger partial charge in [-0.2, -0.15) is 0 Å². The number of rotatable bonds is 5. The van der Waals surface area contributed by atoms with Crippen molar-refractivity contribution in [2.75, 3.05) is 0 Å². The fourth-order valence-corrected chi connectivity index (χ4v) is 4.14. The van der Waals surface area contributed by atoms with Gasteiger partial charge in [-0.3, -0.25) is 4.79 Å². The lowest BCUT2D eigenvalue weighted by atomic mass is 9.79. The molecule has 1 saturated heterocycles. The molecule has 4 heteroatoms. The Morgan fingerprint density at radius 1 is 1.00 bits per heavy atom. The predicted molar refractivity (Wildman–Crippen MR) is 109 cm³/mol. The zero-order chi connectivity index (χ0) is 19.5. The van der Waals surface area contributed by atoms with Crippen LogP contribution in [0.4, 0.5) is 0 Å². The third-order valence-electron chi connectivity index (χ3n) is 4.89. The quantitative estimate of drug-likeness (QED) is 0.829. The lowest BCUT2D eigenvalue weighted by Gasteiger charge is -2.46. The molecule has 1 heterocycles. The van der Waals surface area contributed by atoms with Crippen LogP contribution in [0.2, 0.25) is 0 Å². The van der Waals surface area contributed by atoms with Crippen molar-refractivity contribution >= 4 is 5.91 Å². The molecule has 0 spiro atoms. The molecular formula is C23H30N2O2. The molecule has 1 aliphatic heterocycles. The summed E-state index contributed by atoms with van der Waals surface area (Å²) in [5.41, 5.74) is 1.80. The van der Waals surface area contributed by atoms with E-state index in [1.165, 1.54) is 0 Å². The number of piperidine rings is 1. The average molecular weight is 367 g/mol. The first kappa shape index (κ1) is 19.4. The zero-order valence-corrected chi connectivity index (χ0v) is 16.7. The van der Waals surface area contributed by atoms with Crippen LogP contribution in [0, 0.1) is 0 Å². The molecule has 144 valence electrons. The Bertz CT molecular complexity index is 751. The van der Waals surface area contributed by atoms with Gasteiger partial charge in [0, 0.05) is 22.7 Å². The van der Waals surface area contributed by atoms with E-state index in [0.29, 0.717) is 12.2 Å². The molecular weight excluding hydrogens is 336 g/mol. The third kappa shape index (κ3) is 5.57. The van der Waals surface area contributed by atoms with E-state index < -0.39 is 0 Å². The highest BCUT2D eigenvalue weighted by Crippen LogP contribution is 2.28. The average Bonchev–Trinajstić information content (AvgIpc) is 2.58. The Morgan fingerprint density at radius 3 is 2.19 bits per heavy atom. The lowest BCUT2D eigenvalue weighted by molar-refractivity contribution is 0.0873. The predicted octanol–water partition coefficient (Wildman–Crippen LogP) is 4.30. The van der Waals surface area contributed by atoms with E-state index >= 15 is 0 Å². The number of amides is 1. The van der Waals surface area contributed by atoms with Gasteiger partial charge in [0.2, 0.25) is 0 Å². The monoisotopic (exact) mass is 366 g/mol. The maximum Gasteiger partial charge on any atom is 0.251 e. The summed E-state index contributed by atoms with van der Waals surface area (Å²) in [5, 5.41) is 6.85. The molecule has 1 amide bonds. The molecule has 2 aromatic carbocycles. The number of hydrogen-bond acceptors (Lipinski definition) is 3. The van der Waals surface area contributed by atoms with Crippen LogP contribution >= 0.6 is 0 Å². The van der Waals surface area contributed by atoms with Crippen molar-refractivity contribution in [1.29, 1.82) is 0 Å². The van der Waals surface area contributed by atoms with Gasteiger partial charge in [0.05, 0.1) is 0 Å². The van der Waals surface area contributed by atoms with Crippen LogP contribution in [0.1, 0.15) is 56.5 Å². The van der Waals surface area contributed by atoms with Crippen LogP contribution in [0.15, 0.2) is 54.6 Å². The van der Waals surface area contributed by atoms with Crippen molar-refractivity contribution in [2.24, 2.45) is 0 Å². The fraction of sp³-hybridized carbons (Fsp3) is 0.435. The van der Waals surface area contributed by atoms with Crippen LogP contribution < -0.4 is 15.4 Å². The van der Waals surface area contributed by atoms with Gasteiger partial charge >= 0.3 is 0 Å². The number of hydrogen-bond donors (Lipinski definition) is 2. The summed E-state index contributed by atoms with van der Waals surface area (Å²) in [4.78, 5) is 12.7. The molecule has 27 heavy (non-hydrogen) atoms. The molecule has 1 fully saturated rings. The van der Waals surface area contributed by atoms with Crippen LogP contribution in [-0.4, -0.2) is 23.0 Å². The molecule has 0 aromatic heterocycles. The van der Waals surface area contributed by atoms with E-state index in [9.17, 15) is 4.79 Å². The van der Waals surface area contributed by atoms with Gasteiger partial charge in [-0.15, -0.1) is 0 Å². The van der Waals surface area contributed by atoms with E-state index in [4.69, 9.17) is 4.74 Å². The molecule has 0 aliphatic carbocycles. The fourth-order valence-electron chi connectivity index (χ4n) is 4.14. The van der Waals surface area contributed by atoms with E-state index in [1.807, 2.05) is 54.6 Å². The summed E-state index contributed by atoms with van der Waals surface area (Å²) in [7, 11) is 0. The van der Waals surface area contributed by atoms with Gasteiger partial charge in [0.1, 0.15) is 12.4 Å². The third-order valence-corrected chi connectivity index (χ3v) is 4.89. The summed E-state index contributed by atoms with van der Waals surface area (Å²) >= 11 is 0. The summed E-state index contributed by atoms with van der Waals surface area (Å²) in [5.74, 6) is 0.739. The standard InChI is InChI=1S/C23H30N2O2/c1-22(2)14-19(15-23(3,4)25-22)24-21(26)18-10-12-20(13-11-18)27-16-17-8-6-5-7-9-17/h5-13,19,25H,14-16H2,1-4H3,(H,24,26). The number of carbonyl (C=O) groups is 1. The van der Waals surface area contributed by atoms with Gasteiger partial charge in [-0.1, -0.05) is 30.3 Å². The number of benzene rings is 2. The highest BCUT2D eigenvalue weighted by atomic mass is 16.5. The minimum Gasteiger partial charge on any atom is -0.489 e. The normalized spacial score (nSPS) is 18.7. The number of carbonyl (C=O) groups excluding carboxylic acids is 1. The number of nitrogens with one attached hydrogen (secondary N) is 2. The summed E-state index contributed by atoms with van der Waals surface area (Å²) in [6, 6.07) is 17.6. The van der Waals surface area contributed by atoms with Crippen molar-refractivity contribution in [2.45, 2.75) is 64.3 Å². The summed E-state index contributed by atoms with van der Waals surface area (Å²) < 4.78 is 5.79. The van der Waals surface area contributed by atoms with E-state index in [1.54, 1.807) is 0 Å². The molecule has 4 nitrogen and oxygen atoms in total. The van der Waals surface area contributed by atoms with Crippen molar-refractivity contribution in [1.82, 2.24) is 10.6 Å². The highest BCUT2D eigenvalue weighted by Gasteiger charge is 2.38. The van der Waals surface area contributed by atoms with Gasteiger partial charge in [0.15, 0.2) is 0 Å². The smallest absolute Gasteiger partial charge is 0.251 e. The maximum atomic E-state index is 12.7. The second kappa shape index (κ2) is 7.73. The van der Waals surface area contributed by atoms with Crippen molar-refractivity contribution in [3.8, 4) is 5.75 Å². The van der Waals surface area contributed by atoms with Crippen LogP contribution in [0.5, 0.6) is 5.75 Å². The Kier molecular flexibility index (Phi) is 5.56. The van der Waals surface area contributed by atoms with E-state index in [0.717, 1.165) is 24.2 Å². The zero-order valence-electron chi connectivity index (χ0n) is 16.7. The minimum atomic E-state index is -0.0249. The van der Waals surface area contributed by atoms with Gasteiger partial charge in [0.25, 0.3) is 5.91 Å². The Hall–Kier alpha value is -2.33. The second-order valence-electron chi connectivity index (χ2n) is 8.77. The first-order valence-corrected chi connectivity index (χ1v) is 9.59. The molecule has 2 aromatic rings. The molecule has 0 bridgehead atoms. The molecule has 0 saturated carbocycles. The van der Waals surface area contributed by atoms with Gasteiger partial charge in [-0.05, 0) is 70.4 Å². The lowest BCUT2D eigenvalue weighted by Crippen LogP contribution is -2.62. The van der Waals surface area contributed by atoms with Crippen LogP contribution in [0.3, 0.4) is 0 Å². The number of ether oxygens (including phenoxy) is 1. The molecule has 0 radical (unpaired) electrons. The van der Waals surface area contributed by atoms with Crippen molar-refractivity contribution in [3.63, 3.8) is 0 Å². The summed E-state index contributed by atoms with van der Waals surface area (Å²) in [6.45, 7) is 9.27. The first-order valence-electron chi connectivity index (χ1n) is 9.59. The second-order valence-corrected chi connectivity index (χ2v) is 8.77. The van der Waals surface area contributed by atoms with Crippen molar-refractivity contribution < 1.29 is 9.53 Å². The molecule has 2 N–H and O–H groups in total. The Balaban J connectivity index is 1.57. The van der Waals surface area contributed by atoms with E-state index in [-0.39, 0.29) is 23.0 Å². The SMILES string of the molecule is CC1(C)CC(NC(=O)c2ccc(OCc3ccccc3)cc2)CC(C)(C)N1. The Labute approximate surface area is 162 Å². The Morgan fingerprint density at radius 2 is 1.59 bits per heavy atom. The molecule has 1 aliphatic rings. The molecule has 0 unspecified atom stereocenters.